The van der Waals surface area contributed by atoms with E-state index < -0.39 is 0 Å². The van der Waals surface area contributed by atoms with Gasteiger partial charge in [-0.2, -0.15) is 0 Å². The van der Waals surface area contributed by atoms with Gasteiger partial charge in [-0.3, -0.25) is 4.90 Å². The van der Waals surface area contributed by atoms with E-state index in [2.05, 4.69) is 25.8 Å². The molecule has 128 valence electrons. The van der Waals surface area contributed by atoms with Gasteiger partial charge in [-0.25, -0.2) is 9.97 Å². The van der Waals surface area contributed by atoms with Crippen molar-refractivity contribution in [1.82, 2.24) is 14.9 Å². The van der Waals surface area contributed by atoms with Crippen molar-refractivity contribution >= 4 is 5.95 Å². The molecular weight excluding hydrogens is 304 g/mol. The zero-order chi connectivity index (χ0) is 16.9. The molecule has 1 aliphatic rings. The molecule has 0 atom stereocenters. The van der Waals surface area contributed by atoms with Gasteiger partial charge in [0, 0.05) is 45.1 Å². The standard InChI is InChI=1S/C18H24N4O2/c1-14-11-19-18(20-12-14)22-8-6-21(7-9-22)13-15-4-5-16(23-2)17(10-15)24-3/h4-5,10-12H,6-9,13H2,1-3H3. The molecule has 1 fully saturated rings. The van der Waals surface area contributed by atoms with E-state index in [4.69, 9.17) is 9.47 Å². The van der Waals surface area contributed by atoms with Crippen molar-refractivity contribution in [3.8, 4) is 11.5 Å². The van der Waals surface area contributed by atoms with Crippen LogP contribution in [0.25, 0.3) is 0 Å². The maximum Gasteiger partial charge on any atom is 0.225 e. The minimum absolute atomic E-state index is 0.766. The Balaban J connectivity index is 1.58. The normalized spacial score (nSPS) is 15.4. The molecule has 0 amide bonds. The lowest BCUT2D eigenvalue weighted by molar-refractivity contribution is 0.248. The van der Waals surface area contributed by atoms with E-state index in [1.807, 2.05) is 31.5 Å². The van der Waals surface area contributed by atoms with Crippen LogP contribution >= 0.6 is 0 Å². The highest BCUT2D eigenvalue weighted by Crippen LogP contribution is 2.28. The first-order valence-electron chi connectivity index (χ1n) is 8.16. The summed E-state index contributed by atoms with van der Waals surface area (Å²) in [4.78, 5) is 13.5. The van der Waals surface area contributed by atoms with E-state index in [1.54, 1.807) is 14.2 Å². The predicted molar refractivity (Wildman–Crippen MR) is 93.8 cm³/mol. The number of aromatic nitrogens is 2. The summed E-state index contributed by atoms with van der Waals surface area (Å²) in [5.74, 6) is 2.37. The van der Waals surface area contributed by atoms with Gasteiger partial charge in [-0.1, -0.05) is 6.07 Å². The van der Waals surface area contributed by atoms with Crippen molar-refractivity contribution < 1.29 is 9.47 Å². The van der Waals surface area contributed by atoms with Gasteiger partial charge in [-0.15, -0.1) is 0 Å². The maximum atomic E-state index is 5.38. The molecule has 0 unspecified atom stereocenters. The Kier molecular flexibility index (Phi) is 5.15. The Labute approximate surface area is 143 Å². The van der Waals surface area contributed by atoms with Crippen LogP contribution in [-0.2, 0) is 6.54 Å². The molecule has 0 N–H and O–H groups in total. The fourth-order valence-corrected chi connectivity index (χ4v) is 2.89. The molecule has 24 heavy (non-hydrogen) atoms. The molecule has 0 saturated carbocycles. The summed E-state index contributed by atoms with van der Waals surface area (Å²) >= 11 is 0. The van der Waals surface area contributed by atoms with Crippen molar-refractivity contribution in [3.05, 3.63) is 41.7 Å². The second-order valence-corrected chi connectivity index (χ2v) is 6.01. The van der Waals surface area contributed by atoms with Crippen molar-refractivity contribution in [3.63, 3.8) is 0 Å². The molecule has 0 aliphatic carbocycles. The van der Waals surface area contributed by atoms with Gasteiger partial charge in [0.2, 0.25) is 5.95 Å². The van der Waals surface area contributed by atoms with Gasteiger partial charge in [-0.05, 0) is 30.2 Å². The number of rotatable bonds is 5. The highest BCUT2D eigenvalue weighted by molar-refractivity contribution is 5.43. The largest absolute Gasteiger partial charge is 0.493 e. The zero-order valence-corrected chi connectivity index (χ0v) is 14.5. The number of hydrogen-bond donors (Lipinski definition) is 0. The molecule has 6 nitrogen and oxygen atoms in total. The molecule has 1 aromatic heterocycles. The maximum absolute atomic E-state index is 5.38. The third-order valence-corrected chi connectivity index (χ3v) is 4.28. The van der Waals surface area contributed by atoms with Crippen molar-refractivity contribution in [2.75, 3.05) is 45.3 Å². The number of anilines is 1. The highest BCUT2D eigenvalue weighted by Gasteiger charge is 2.19. The quantitative estimate of drug-likeness (QED) is 0.838. The minimum Gasteiger partial charge on any atom is -0.493 e. The van der Waals surface area contributed by atoms with Crippen LogP contribution in [0.4, 0.5) is 5.95 Å². The van der Waals surface area contributed by atoms with Crippen LogP contribution in [0.5, 0.6) is 11.5 Å². The number of nitrogens with zero attached hydrogens (tertiary/aromatic N) is 4. The van der Waals surface area contributed by atoms with Gasteiger partial charge >= 0.3 is 0 Å². The molecule has 3 rings (SSSR count). The molecule has 1 aromatic carbocycles. The van der Waals surface area contributed by atoms with Crippen LogP contribution in [0.2, 0.25) is 0 Å². The van der Waals surface area contributed by atoms with E-state index >= 15 is 0 Å². The molecule has 1 aliphatic heterocycles. The summed E-state index contributed by atoms with van der Waals surface area (Å²) in [5, 5.41) is 0. The second-order valence-electron chi connectivity index (χ2n) is 6.01. The molecule has 0 radical (unpaired) electrons. The Hall–Kier alpha value is -2.34. The number of benzene rings is 1. The van der Waals surface area contributed by atoms with Gasteiger partial charge < -0.3 is 14.4 Å². The van der Waals surface area contributed by atoms with E-state index in [1.165, 1.54) is 5.56 Å². The van der Waals surface area contributed by atoms with Crippen LogP contribution in [0.3, 0.4) is 0 Å². The van der Waals surface area contributed by atoms with Crippen LogP contribution < -0.4 is 14.4 Å². The number of piperazine rings is 1. The van der Waals surface area contributed by atoms with E-state index in [0.717, 1.165) is 55.7 Å². The summed E-state index contributed by atoms with van der Waals surface area (Å²) < 4.78 is 10.7. The van der Waals surface area contributed by atoms with Crippen LogP contribution in [0, 0.1) is 6.92 Å². The van der Waals surface area contributed by atoms with Gasteiger partial charge in [0.1, 0.15) is 0 Å². The number of methoxy groups -OCH3 is 2. The monoisotopic (exact) mass is 328 g/mol. The fourth-order valence-electron chi connectivity index (χ4n) is 2.89. The minimum atomic E-state index is 0.766. The Morgan fingerprint density at radius 3 is 2.25 bits per heavy atom. The number of hydrogen-bond acceptors (Lipinski definition) is 6. The topological polar surface area (TPSA) is 50.7 Å². The number of ether oxygens (including phenoxy) is 2. The summed E-state index contributed by atoms with van der Waals surface area (Å²) in [5.41, 5.74) is 2.32. The average molecular weight is 328 g/mol. The van der Waals surface area contributed by atoms with Gasteiger partial charge in [0.05, 0.1) is 14.2 Å². The average Bonchev–Trinajstić information content (AvgIpc) is 2.63. The van der Waals surface area contributed by atoms with Gasteiger partial charge in [0.15, 0.2) is 11.5 Å². The van der Waals surface area contributed by atoms with Crippen LogP contribution in [-0.4, -0.2) is 55.3 Å². The molecule has 2 aromatic rings. The molecule has 6 heteroatoms. The van der Waals surface area contributed by atoms with Gasteiger partial charge in [0.25, 0.3) is 0 Å². The third-order valence-electron chi connectivity index (χ3n) is 4.28. The first kappa shape index (κ1) is 16.5. The number of aryl methyl sites for hydroxylation is 1. The fraction of sp³-hybridized carbons (Fsp3) is 0.444. The van der Waals surface area contributed by atoms with Crippen molar-refractivity contribution in [2.24, 2.45) is 0 Å². The van der Waals surface area contributed by atoms with Crippen LogP contribution in [0.1, 0.15) is 11.1 Å². The SMILES string of the molecule is COc1ccc(CN2CCN(c3ncc(C)cn3)CC2)cc1OC. The Morgan fingerprint density at radius 1 is 0.958 bits per heavy atom. The molecule has 2 heterocycles. The Morgan fingerprint density at radius 2 is 1.62 bits per heavy atom. The van der Waals surface area contributed by atoms with Crippen molar-refractivity contribution in [2.45, 2.75) is 13.5 Å². The Bertz CT molecular complexity index is 667. The summed E-state index contributed by atoms with van der Waals surface area (Å²) in [7, 11) is 3.33. The smallest absolute Gasteiger partial charge is 0.225 e. The first-order valence-corrected chi connectivity index (χ1v) is 8.16. The van der Waals surface area contributed by atoms with E-state index in [9.17, 15) is 0 Å². The first-order chi connectivity index (χ1) is 11.7. The van der Waals surface area contributed by atoms with E-state index in [0.29, 0.717) is 0 Å². The summed E-state index contributed by atoms with van der Waals surface area (Å²) in [6.07, 6.45) is 3.75. The van der Waals surface area contributed by atoms with Crippen LogP contribution in [0.15, 0.2) is 30.6 Å². The van der Waals surface area contributed by atoms with Crippen molar-refractivity contribution in [1.29, 1.82) is 0 Å². The molecule has 1 saturated heterocycles. The molecule has 0 spiro atoms. The highest BCUT2D eigenvalue weighted by atomic mass is 16.5. The second kappa shape index (κ2) is 7.49. The lowest BCUT2D eigenvalue weighted by atomic mass is 10.1. The van der Waals surface area contributed by atoms with E-state index in [-0.39, 0.29) is 0 Å². The summed E-state index contributed by atoms with van der Waals surface area (Å²) in [6, 6.07) is 6.11. The summed E-state index contributed by atoms with van der Waals surface area (Å²) in [6.45, 7) is 6.78. The third kappa shape index (κ3) is 3.76. The predicted octanol–water partition coefficient (Wildman–Crippen LogP) is 2.12. The lowest BCUT2D eigenvalue weighted by Crippen LogP contribution is -2.46. The zero-order valence-electron chi connectivity index (χ0n) is 14.5. The molecular formula is C18H24N4O2. The lowest BCUT2D eigenvalue weighted by Gasteiger charge is -2.34. The molecule has 0 bridgehead atoms.